The molecule has 106 valence electrons. The summed E-state index contributed by atoms with van der Waals surface area (Å²) in [5, 5.41) is 2.82. The molecule has 0 aliphatic carbocycles. The molecule has 1 N–H and O–H groups in total. The predicted molar refractivity (Wildman–Crippen MR) is 78.9 cm³/mol. The van der Waals surface area contributed by atoms with Crippen LogP contribution in [0.25, 0.3) is 0 Å². The van der Waals surface area contributed by atoms with Gasteiger partial charge in [-0.05, 0) is 25.1 Å². The van der Waals surface area contributed by atoms with Crippen LogP contribution in [0.2, 0.25) is 0 Å². The van der Waals surface area contributed by atoms with Crippen molar-refractivity contribution in [3.8, 4) is 0 Å². The van der Waals surface area contributed by atoms with Crippen LogP contribution in [0.5, 0.6) is 0 Å². The van der Waals surface area contributed by atoms with Crippen molar-refractivity contribution in [2.24, 2.45) is 5.92 Å². The number of esters is 1. The van der Waals surface area contributed by atoms with Crippen molar-refractivity contribution >= 4 is 17.6 Å². The summed E-state index contributed by atoms with van der Waals surface area (Å²) < 4.78 is 4.86. The zero-order valence-corrected chi connectivity index (χ0v) is 11.9. The summed E-state index contributed by atoms with van der Waals surface area (Å²) in [6.07, 6.45) is 5.09. The lowest BCUT2D eigenvalue weighted by molar-refractivity contribution is -0.136. The van der Waals surface area contributed by atoms with Gasteiger partial charge in [0.1, 0.15) is 5.76 Å². The van der Waals surface area contributed by atoms with Crippen LogP contribution in [0.4, 0.5) is 5.69 Å². The Morgan fingerprint density at radius 3 is 2.45 bits per heavy atom. The van der Waals surface area contributed by atoms with Crippen LogP contribution in [-0.4, -0.2) is 11.9 Å². The summed E-state index contributed by atoms with van der Waals surface area (Å²) in [6, 6.07) is 9.28. The highest BCUT2D eigenvalue weighted by molar-refractivity contribution is 5.93. The van der Waals surface area contributed by atoms with Crippen molar-refractivity contribution < 1.29 is 14.3 Å². The fourth-order valence-electron chi connectivity index (χ4n) is 1.48. The van der Waals surface area contributed by atoms with Crippen LogP contribution in [0.1, 0.15) is 20.8 Å². The van der Waals surface area contributed by atoms with Gasteiger partial charge in [0.15, 0.2) is 0 Å². The zero-order chi connectivity index (χ0) is 15.0. The van der Waals surface area contributed by atoms with E-state index in [1.807, 2.05) is 30.3 Å². The molecule has 0 bridgehead atoms. The number of hydrogen-bond acceptors (Lipinski definition) is 3. The first-order valence-electron chi connectivity index (χ1n) is 6.38. The van der Waals surface area contributed by atoms with E-state index in [2.05, 4.69) is 5.32 Å². The molecule has 1 aromatic carbocycles. The number of hydrogen-bond donors (Lipinski definition) is 1. The van der Waals surface area contributed by atoms with E-state index in [9.17, 15) is 9.59 Å². The molecule has 1 aromatic rings. The molecule has 1 rings (SSSR count). The number of amides is 1. The number of benzene rings is 1. The molecule has 0 aliphatic heterocycles. The summed E-state index contributed by atoms with van der Waals surface area (Å²) in [5.41, 5.74) is 0.768. The van der Waals surface area contributed by atoms with Gasteiger partial charge in [0.25, 0.3) is 0 Å². The second kappa shape index (κ2) is 7.94. The molecule has 4 nitrogen and oxygen atoms in total. The summed E-state index contributed by atoms with van der Waals surface area (Å²) in [6.45, 7) is 4.82. The van der Waals surface area contributed by atoms with Crippen LogP contribution in [0.15, 0.2) is 54.3 Å². The lowest BCUT2D eigenvalue weighted by atomic mass is 10.1. The maximum atomic E-state index is 11.9. The van der Waals surface area contributed by atoms with Crippen molar-refractivity contribution in [2.45, 2.75) is 20.8 Å². The summed E-state index contributed by atoms with van der Waals surface area (Å²) in [4.78, 5) is 22.6. The maximum Gasteiger partial charge on any atom is 0.307 e. The van der Waals surface area contributed by atoms with Crippen molar-refractivity contribution in [2.75, 3.05) is 5.32 Å². The zero-order valence-electron chi connectivity index (χ0n) is 11.9. The van der Waals surface area contributed by atoms with Gasteiger partial charge in [0.05, 0.1) is 5.92 Å². The van der Waals surface area contributed by atoms with Crippen molar-refractivity contribution in [3.63, 3.8) is 0 Å². The van der Waals surface area contributed by atoms with Crippen LogP contribution in [-0.2, 0) is 14.3 Å². The fraction of sp³-hybridized carbons (Fsp3) is 0.250. The van der Waals surface area contributed by atoms with E-state index >= 15 is 0 Å². The summed E-state index contributed by atoms with van der Waals surface area (Å²) >= 11 is 0. The number of carbonyl (C=O) groups excluding carboxylic acids is 2. The molecule has 1 unspecified atom stereocenters. The maximum absolute atomic E-state index is 11.9. The molecule has 1 amide bonds. The van der Waals surface area contributed by atoms with E-state index in [1.54, 1.807) is 32.1 Å². The normalized spacial score (nSPS) is 13.1. The molecule has 0 saturated heterocycles. The van der Waals surface area contributed by atoms with Gasteiger partial charge in [-0.2, -0.15) is 0 Å². The van der Waals surface area contributed by atoms with E-state index in [1.165, 1.54) is 6.92 Å². The number of rotatable bonds is 5. The summed E-state index contributed by atoms with van der Waals surface area (Å²) in [7, 11) is 0. The molecule has 0 aromatic heterocycles. The van der Waals surface area contributed by atoms with Crippen LogP contribution < -0.4 is 5.32 Å². The second-order valence-electron chi connectivity index (χ2n) is 4.40. The minimum atomic E-state index is -0.359. The molecule has 0 saturated carbocycles. The van der Waals surface area contributed by atoms with Crippen LogP contribution >= 0.6 is 0 Å². The van der Waals surface area contributed by atoms with Crippen LogP contribution in [0, 0.1) is 5.92 Å². The first-order chi connectivity index (χ1) is 9.49. The minimum absolute atomic E-state index is 0.0917. The van der Waals surface area contributed by atoms with E-state index < -0.39 is 0 Å². The molecule has 4 heteroatoms. The van der Waals surface area contributed by atoms with Gasteiger partial charge in [-0.1, -0.05) is 37.3 Å². The average molecular weight is 273 g/mol. The lowest BCUT2D eigenvalue weighted by Gasteiger charge is -2.08. The number of para-hydroxylation sites is 1. The topological polar surface area (TPSA) is 55.4 Å². The molecule has 0 fully saturated rings. The Bertz CT molecular complexity index is 518. The summed E-state index contributed by atoms with van der Waals surface area (Å²) in [5.74, 6) is -0.242. The number of ether oxygens (including phenoxy) is 1. The number of allylic oxidation sites excluding steroid dienone is 3. The Labute approximate surface area is 119 Å². The third-order valence-corrected chi connectivity index (χ3v) is 2.49. The predicted octanol–water partition coefficient (Wildman–Crippen LogP) is 3.28. The van der Waals surface area contributed by atoms with Gasteiger partial charge in [0, 0.05) is 12.6 Å². The quantitative estimate of drug-likeness (QED) is 0.509. The SMILES string of the molecule is CC(=O)OC(C)=CC=CC(C)C(=O)Nc1ccccc1. The first kappa shape index (κ1) is 15.7. The highest BCUT2D eigenvalue weighted by Gasteiger charge is 2.08. The monoisotopic (exact) mass is 273 g/mol. The molecule has 0 heterocycles. The van der Waals surface area contributed by atoms with Gasteiger partial charge >= 0.3 is 5.97 Å². The molecule has 0 spiro atoms. The van der Waals surface area contributed by atoms with E-state index in [0.29, 0.717) is 5.76 Å². The standard InChI is InChI=1S/C16H19NO3/c1-12(8-7-9-13(2)20-14(3)18)16(19)17-15-10-5-4-6-11-15/h4-12H,1-3H3,(H,17,19). The molecule has 20 heavy (non-hydrogen) atoms. The smallest absolute Gasteiger partial charge is 0.307 e. The highest BCUT2D eigenvalue weighted by Crippen LogP contribution is 2.08. The van der Waals surface area contributed by atoms with Gasteiger partial charge in [-0.3, -0.25) is 9.59 Å². The minimum Gasteiger partial charge on any atom is -0.432 e. The Morgan fingerprint density at radius 2 is 1.85 bits per heavy atom. The Kier molecular flexibility index (Phi) is 6.23. The van der Waals surface area contributed by atoms with Gasteiger partial charge in [-0.25, -0.2) is 0 Å². The third kappa shape index (κ3) is 6.00. The van der Waals surface area contributed by atoms with E-state index in [-0.39, 0.29) is 17.8 Å². The van der Waals surface area contributed by atoms with Crippen molar-refractivity contribution in [3.05, 3.63) is 54.3 Å². The molecule has 0 radical (unpaired) electrons. The Hall–Kier alpha value is -2.36. The Morgan fingerprint density at radius 1 is 1.20 bits per heavy atom. The van der Waals surface area contributed by atoms with Crippen molar-refractivity contribution in [1.29, 1.82) is 0 Å². The molecule has 0 aliphatic rings. The lowest BCUT2D eigenvalue weighted by Crippen LogP contribution is -2.18. The highest BCUT2D eigenvalue weighted by atomic mass is 16.5. The van der Waals surface area contributed by atoms with E-state index in [0.717, 1.165) is 5.69 Å². The molecule has 1 atom stereocenters. The van der Waals surface area contributed by atoms with Gasteiger partial charge in [-0.15, -0.1) is 0 Å². The largest absolute Gasteiger partial charge is 0.432 e. The van der Waals surface area contributed by atoms with E-state index in [4.69, 9.17) is 4.74 Å². The second-order valence-corrected chi connectivity index (χ2v) is 4.40. The van der Waals surface area contributed by atoms with Crippen LogP contribution in [0.3, 0.4) is 0 Å². The number of carbonyl (C=O) groups is 2. The third-order valence-electron chi connectivity index (χ3n) is 2.49. The van der Waals surface area contributed by atoms with Gasteiger partial charge < -0.3 is 10.1 Å². The fourth-order valence-corrected chi connectivity index (χ4v) is 1.48. The number of anilines is 1. The van der Waals surface area contributed by atoms with Crippen molar-refractivity contribution in [1.82, 2.24) is 0 Å². The average Bonchev–Trinajstić information content (AvgIpc) is 2.38. The Balaban J connectivity index is 2.51. The van der Waals surface area contributed by atoms with Gasteiger partial charge in [0.2, 0.25) is 5.91 Å². The molecular formula is C16H19NO3. The number of nitrogens with one attached hydrogen (secondary N) is 1. The molecular weight excluding hydrogens is 254 g/mol. The first-order valence-corrected chi connectivity index (χ1v) is 6.38.